The average molecular weight is 1300 g/mol. The first-order chi connectivity index (χ1) is 40.4. The van der Waals surface area contributed by atoms with Gasteiger partial charge in [0, 0.05) is 85.2 Å². The SMILES string of the molecule is CCc1c(CC)c2cc3nc(cnc4cc(OCCOCCOCCOC)c(OCCOCCOCCOC)cc4ncc4nc(cc1[n-]2)C(CCCn1ccnc1C)=C4C)C(C)=C3CCCn1ccnc1[N+](=O)[O-].O=[N+]([O-])c1ncc[nH]1.[Gd]. The number of ether oxygens (including phenoxy) is 8. The van der Waals surface area contributed by atoms with Crippen molar-refractivity contribution in [3.05, 3.63) is 134 Å². The van der Waals surface area contributed by atoms with Crippen molar-refractivity contribution in [2.75, 3.05) is 93.5 Å². The normalized spacial score (nSPS) is 12.0. The molecule has 84 heavy (non-hydrogen) atoms. The van der Waals surface area contributed by atoms with Crippen molar-refractivity contribution >= 4 is 56.3 Å². The van der Waals surface area contributed by atoms with Gasteiger partial charge in [0.2, 0.25) is 0 Å². The fourth-order valence-electron chi connectivity index (χ4n) is 9.32. The maximum atomic E-state index is 11.7. The smallest absolute Gasteiger partial charge is 0.434 e. The van der Waals surface area contributed by atoms with Crippen LogP contribution in [-0.2, 0) is 54.4 Å². The van der Waals surface area contributed by atoms with E-state index in [9.17, 15) is 20.2 Å². The summed E-state index contributed by atoms with van der Waals surface area (Å²) in [5, 5.41) is 21.5. The first-order valence-electron chi connectivity index (χ1n) is 27.7. The van der Waals surface area contributed by atoms with E-state index in [0.717, 1.165) is 94.0 Å². The molecule has 0 radical (unpaired) electrons. The summed E-state index contributed by atoms with van der Waals surface area (Å²) in [4.78, 5) is 60.6. The van der Waals surface area contributed by atoms with E-state index in [1.165, 1.54) is 24.2 Å². The van der Waals surface area contributed by atoms with E-state index in [1.807, 2.05) is 38.4 Å². The van der Waals surface area contributed by atoms with Gasteiger partial charge in [0.1, 0.15) is 37.6 Å². The molecule has 1 N–H and O–H groups in total. The Balaban J connectivity index is 0.00000116. The molecule has 6 bridgehead atoms. The van der Waals surface area contributed by atoms with Crippen molar-refractivity contribution in [1.29, 1.82) is 0 Å². The van der Waals surface area contributed by atoms with Crippen molar-refractivity contribution in [2.45, 2.75) is 86.2 Å². The van der Waals surface area contributed by atoms with Crippen molar-refractivity contribution in [3.63, 3.8) is 0 Å². The third-order valence-corrected chi connectivity index (χ3v) is 13.6. The van der Waals surface area contributed by atoms with Crippen LogP contribution in [-0.4, -0.2) is 152 Å². The van der Waals surface area contributed by atoms with Gasteiger partial charge < -0.3 is 67.7 Å². The molecule has 1 aromatic carbocycles. The summed E-state index contributed by atoms with van der Waals surface area (Å²) < 4.78 is 49.4. The predicted octanol–water partition coefficient (Wildman–Crippen LogP) is 8.96. The first-order valence-corrected chi connectivity index (χ1v) is 27.7. The molecule has 0 saturated carbocycles. The van der Waals surface area contributed by atoms with Crippen LogP contribution in [0.3, 0.4) is 0 Å². The predicted molar refractivity (Wildman–Crippen MR) is 311 cm³/mol. The zero-order valence-corrected chi connectivity index (χ0v) is 51.0. The molecule has 0 fully saturated rings. The van der Waals surface area contributed by atoms with E-state index >= 15 is 0 Å². The molecule has 6 aromatic rings. The molecule has 25 nitrogen and oxygen atoms in total. The molecule has 0 atom stereocenters. The molecule has 5 aromatic heterocycles. The number of aryl methyl sites for hydroxylation is 5. The molecule has 2 aliphatic heterocycles. The molecule has 0 unspecified atom stereocenters. The first kappa shape index (κ1) is 66.4. The molecule has 452 valence electrons. The molecule has 0 spiro atoms. The van der Waals surface area contributed by atoms with Crippen molar-refractivity contribution < 1.29 is 87.7 Å². The van der Waals surface area contributed by atoms with Crippen LogP contribution in [0.5, 0.6) is 11.5 Å². The zero-order valence-electron chi connectivity index (χ0n) is 48.7. The van der Waals surface area contributed by atoms with Crippen LogP contribution in [0, 0.1) is 67.1 Å². The largest absolute Gasteiger partial charge is 0.657 e. The number of nitrogens with one attached hydrogen (secondary N) is 1. The number of benzene rings is 1. The maximum absolute atomic E-state index is 11.7. The van der Waals surface area contributed by atoms with Gasteiger partial charge in [-0.05, 0) is 91.4 Å². The molecule has 0 aliphatic carbocycles. The topological polar surface area (TPSA) is 290 Å². The Hall–Kier alpha value is -6.75. The Bertz CT molecular complexity index is 3360. The summed E-state index contributed by atoms with van der Waals surface area (Å²) in [5.74, 6) is 1.45. The molecule has 26 heteroatoms. The van der Waals surface area contributed by atoms with E-state index in [-0.39, 0.29) is 65.1 Å². The van der Waals surface area contributed by atoms with E-state index in [1.54, 1.807) is 37.4 Å². The zero-order chi connectivity index (χ0) is 58.9. The number of H-pyrrole nitrogens is 1. The fraction of sp³-hybridized carbons (Fsp3) is 0.466. The number of hydrogen-bond acceptors (Lipinski definition) is 19. The number of nitrogens with zero attached hydrogens (tertiary/aromatic N) is 12. The van der Waals surface area contributed by atoms with Crippen LogP contribution in [0.15, 0.2) is 73.8 Å². The number of methoxy groups -OCH3 is 2. The second kappa shape index (κ2) is 34.9. The van der Waals surface area contributed by atoms with Crippen LogP contribution >= 0.6 is 0 Å². The molecule has 0 amide bonds. The number of allylic oxidation sites excluding steroid dienone is 4. The molecule has 7 heterocycles. The average Bonchev–Trinajstić information content (AvgIpc) is 4.17. The van der Waals surface area contributed by atoms with Gasteiger partial charge in [-0.15, -0.1) is 11.0 Å². The summed E-state index contributed by atoms with van der Waals surface area (Å²) in [5.41, 5.74) is 12.2. The maximum Gasteiger partial charge on any atom is 0.434 e. The van der Waals surface area contributed by atoms with Gasteiger partial charge in [0.15, 0.2) is 11.5 Å². The number of rotatable bonds is 32. The minimum absolute atomic E-state index is 0. The summed E-state index contributed by atoms with van der Waals surface area (Å²) in [6, 6.07) is 7.85. The monoisotopic (exact) mass is 1300 g/mol. The van der Waals surface area contributed by atoms with Crippen LogP contribution in [0.25, 0.3) is 44.4 Å². The van der Waals surface area contributed by atoms with Crippen molar-refractivity contribution in [2.24, 2.45) is 0 Å². The molecular formula is C58H74GdN13O12-. The van der Waals surface area contributed by atoms with Crippen LogP contribution in [0.1, 0.15) is 93.1 Å². The van der Waals surface area contributed by atoms with Crippen LogP contribution in [0.2, 0.25) is 0 Å². The molecule has 0 saturated heterocycles. The number of fused-ring (bicyclic) bond motifs is 7. The summed E-state index contributed by atoms with van der Waals surface area (Å²) in [6.45, 7) is 16.4. The van der Waals surface area contributed by atoms with E-state index in [4.69, 9.17) is 62.8 Å². The minimum atomic E-state index is -0.583. The van der Waals surface area contributed by atoms with Gasteiger partial charge in [0.25, 0.3) is 0 Å². The number of hydrogen-bond donors (Lipinski definition) is 1. The number of imidazole rings is 3. The summed E-state index contributed by atoms with van der Waals surface area (Å²) in [7, 11) is 3.27. The number of nitro groups is 2. The second-order valence-corrected chi connectivity index (χ2v) is 19.0. The van der Waals surface area contributed by atoms with E-state index in [0.29, 0.717) is 114 Å². The van der Waals surface area contributed by atoms with Crippen LogP contribution in [0.4, 0.5) is 11.9 Å². The Morgan fingerprint density at radius 1 is 0.560 bits per heavy atom. The van der Waals surface area contributed by atoms with Gasteiger partial charge >= 0.3 is 11.9 Å². The standard InChI is InChI=1S/C55H71N10O10.C3H3N3O2.Gd/c1-8-41-42(9-2)46-33-48-44(13-11-17-64-19-15-57-55(64)65(66)67)39(4)52(62-48)37-59-50-35-54(75-31-29-73-27-25-71-23-21-69-7)53(74-30-28-72-26-24-70-22-20-68-6)34-49(50)58-36-51-38(3)43(47(61-51)32-45(41)60-46)12-10-16-63-18-14-56-40(63)5;7-6(8)3-4-1-2-5-3;/h14-15,18-19,32-37H,8-13,16-17,20-31H2,1-7H3;1-2H,(H,4,5);/q-1;;. The third-order valence-electron chi connectivity index (χ3n) is 13.6. The fourth-order valence-corrected chi connectivity index (χ4v) is 9.32. The summed E-state index contributed by atoms with van der Waals surface area (Å²) in [6.07, 6.45) is 17.6. The van der Waals surface area contributed by atoms with Gasteiger partial charge in [-0.3, -0.25) is 9.97 Å². The Kier molecular flexibility index (Phi) is 27.6. The Morgan fingerprint density at radius 2 is 1.02 bits per heavy atom. The van der Waals surface area contributed by atoms with Gasteiger partial charge in [-0.1, -0.05) is 47.1 Å². The number of aromatic amines is 1. The Labute approximate surface area is 519 Å². The van der Waals surface area contributed by atoms with E-state index < -0.39 is 9.85 Å². The third kappa shape index (κ3) is 18.9. The summed E-state index contributed by atoms with van der Waals surface area (Å²) >= 11 is 0. The number of aromatic nitrogens is 11. The minimum Gasteiger partial charge on any atom is -0.657 e. The van der Waals surface area contributed by atoms with Gasteiger partial charge in [0.05, 0.1) is 125 Å². The van der Waals surface area contributed by atoms with E-state index in [2.05, 4.69) is 57.4 Å². The molecule has 2 aliphatic rings. The van der Waals surface area contributed by atoms with Crippen molar-refractivity contribution in [3.8, 4) is 11.5 Å². The second-order valence-electron chi connectivity index (χ2n) is 19.0. The quantitative estimate of drug-likeness (QED) is 0.0234. The van der Waals surface area contributed by atoms with Gasteiger partial charge in [-0.2, -0.15) is 0 Å². The van der Waals surface area contributed by atoms with Crippen molar-refractivity contribution in [1.82, 2.24) is 54.0 Å². The molecular weight excluding hydrogens is 1230 g/mol. The van der Waals surface area contributed by atoms with Gasteiger partial charge in [-0.25, -0.2) is 24.5 Å². The Morgan fingerprint density at radius 3 is 1.44 bits per heavy atom. The van der Waals surface area contributed by atoms with Crippen LogP contribution < -0.4 is 14.5 Å². The molecule has 8 rings (SSSR count).